The first-order valence-corrected chi connectivity index (χ1v) is 6.99. The first-order valence-electron chi connectivity index (χ1n) is 6.20. The highest BCUT2D eigenvalue weighted by Crippen LogP contribution is 2.23. The molecule has 0 heterocycles. The van der Waals surface area contributed by atoms with Gasteiger partial charge in [-0.05, 0) is 45.9 Å². The van der Waals surface area contributed by atoms with Crippen LogP contribution in [0.15, 0.2) is 22.7 Å². The number of nitrogens with one attached hydrogen (secondary N) is 1. The fourth-order valence-corrected chi connectivity index (χ4v) is 1.87. The topological polar surface area (TPSA) is 47.6 Å². The van der Waals surface area contributed by atoms with Gasteiger partial charge in [-0.3, -0.25) is 0 Å². The predicted molar refractivity (Wildman–Crippen MR) is 78.4 cm³/mol. The molecule has 0 unspecified atom stereocenters. The minimum atomic E-state index is -0.496. The Balaban J connectivity index is 2.66. The number of amides is 1. The number of halogens is 1. The van der Waals surface area contributed by atoms with Crippen LogP contribution in [0.1, 0.15) is 33.3 Å². The molecule has 0 fully saturated rings. The Labute approximate surface area is 122 Å². The van der Waals surface area contributed by atoms with E-state index in [4.69, 9.17) is 9.47 Å². The Morgan fingerprint density at radius 3 is 2.63 bits per heavy atom. The van der Waals surface area contributed by atoms with Crippen LogP contribution in [-0.2, 0) is 11.3 Å². The lowest BCUT2D eigenvalue weighted by molar-refractivity contribution is 0.0523. The number of benzene rings is 1. The van der Waals surface area contributed by atoms with Gasteiger partial charge in [-0.15, -0.1) is 0 Å². The third-order valence-electron chi connectivity index (χ3n) is 2.14. The number of rotatable bonds is 4. The number of hydrogen-bond acceptors (Lipinski definition) is 3. The minimum absolute atomic E-state index is 0.365. The van der Waals surface area contributed by atoms with Crippen LogP contribution in [0.5, 0.6) is 5.75 Å². The van der Waals surface area contributed by atoms with Crippen molar-refractivity contribution in [2.75, 3.05) is 6.61 Å². The molecule has 1 amide bonds. The summed E-state index contributed by atoms with van der Waals surface area (Å²) in [6.45, 7) is 8.36. The van der Waals surface area contributed by atoms with Crippen LogP contribution in [0, 0.1) is 0 Å². The number of alkyl carbamates (subject to hydrolysis) is 1. The van der Waals surface area contributed by atoms with Gasteiger partial charge in [-0.25, -0.2) is 4.79 Å². The standard InChI is InChI=1S/C14H20BrNO3/c1-5-18-12-7-6-11(15)8-10(12)9-16-13(17)19-14(2,3)4/h6-8H,5,9H2,1-4H3,(H,16,17). The Hall–Kier alpha value is -1.23. The fraction of sp³-hybridized carbons (Fsp3) is 0.500. The molecule has 0 bridgehead atoms. The van der Waals surface area contributed by atoms with Crippen molar-refractivity contribution in [3.05, 3.63) is 28.2 Å². The second-order valence-electron chi connectivity index (χ2n) is 5.04. The molecular weight excluding hydrogens is 310 g/mol. The Bertz CT molecular complexity index is 441. The van der Waals surface area contributed by atoms with E-state index in [0.717, 1.165) is 15.8 Å². The van der Waals surface area contributed by atoms with E-state index in [0.29, 0.717) is 13.2 Å². The first kappa shape index (κ1) is 15.8. The zero-order chi connectivity index (χ0) is 14.5. The number of carbonyl (C=O) groups is 1. The molecule has 0 aliphatic heterocycles. The van der Waals surface area contributed by atoms with Crippen molar-refractivity contribution in [2.45, 2.75) is 39.8 Å². The second kappa shape index (κ2) is 6.80. The van der Waals surface area contributed by atoms with E-state index in [1.54, 1.807) is 0 Å². The lowest BCUT2D eigenvalue weighted by atomic mass is 10.2. The number of hydrogen-bond donors (Lipinski definition) is 1. The molecule has 1 rings (SSSR count). The third-order valence-corrected chi connectivity index (χ3v) is 2.64. The van der Waals surface area contributed by atoms with Crippen LogP contribution < -0.4 is 10.1 Å². The molecule has 106 valence electrons. The smallest absolute Gasteiger partial charge is 0.407 e. The lowest BCUT2D eigenvalue weighted by Gasteiger charge is -2.20. The summed E-state index contributed by atoms with van der Waals surface area (Å²) >= 11 is 3.40. The largest absolute Gasteiger partial charge is 0.494 e. The molecule has 0 aromatic heterocycles. The molecule has 0 aliphatic rings. The summed E-state index contributed by atoms with van der Waals surface area (Å²) < 4.78 is 11.6. The highest BCUT2D eigenvalue weighted by atomic mass is 79.9. The van der Waals surface area contributed by atoms with Crippen LogP contribution in [-0.4, -0.2) is 18.3 Å². The Morgan fingerprint density at radius 1 is 1.37 bits per heavy atom. The van der Waals surface area contributed by atoms with E-state index in [9.17, 15) is 4.79 Å². The molecule has 0 aliphatic carbocycles. The molecule has 1 aromatic rings. The molecule has 4 nitrogen and oxygen atoms in total. The van der Waals surface area contributed by atoms with Crippen LogP contribution in [0.4, 0.5) is 4.79 Å². The molecular formula is C14H20BrNO3. The van der Waals surface area contributed by atoms with E-state index in [2.05, 4.69) is 21.2 Å². The molecule has 1 N–H and O–H groups in total. The van der Waals surface area contributed by atoms with Gasteiger partial charge in [0, 0.05) is 16.6 Å². The van der Waals surface area contributed by atoms with Crippen molar-refractivity contribution in [3.8, 4) is 5.75 Å². The van der Waals surface area contributed by atoms with Gasteiger partial charge in [0.1, 0.15) is 11.4 Å². The van der Waals surface area contributed by atoms with Gasteiger partial charge in [-0.1, -0.05) is 15.9 Å². The minimum Gasteiger partial charge on any atom is -0.494 e. The molecule has 5 heteroatoms. The zero-order valence-corrected chi connectivity index (χ0v) is 13.3. The van der Waals surface area contributed by atoms with Crippen LogP contribution >= 0.6 is 15.9 Å². The van der Waals surface area contributed by atoms with Gasteiger partial charge in [0.15, 0.2) is 0 Å². The third kappa shape index (κ3) is 5.96. The van der Waals surface area contributed by atoms with Gasteiger partial charge in [-0.2, -0.15) is 0 Å². The van der Waals surface area contributed by atoms with Crippen molar-refractivity contribution < 1.29 is 14.3 Å². The van der Waals surface area contributed by atoms with Gasteiger partial charge >= 0.3 is 6.09 Å². The summed E-state index contributed by atoms with van der Waals surface area (Å²) in [4.78, 5) is 11.6. The zero-order valence-electron chi connectivity index (χ0n) is 11.7. The Morgan fingerprint density at radius 2 is 2.05 bits per heavy atom. The first-order chi connectivity index (χ1) is 8.81. The lowest BCUT2D eigenvalue weighted by Crippen LogP contribution is -2.32. The summed E-state index contributed by atoms with van der Waals surface area (Å²) in [7, 11) is 0. The van der Waals surface area contributed by atoms with Crippen molar-refractivity contribution >= 4 is 22.0 Å². The molecule has 0 spiro atoms. The molecule has 0 saturated heterocycles. The van der Waals surface area contributed by atoms with Crippen molar-refractivity contribution in [1.29, 1.82) is 0 Å². The predicted octanol–water partition coefficient (Wildman–Crippen LogP) is 3.87. The maximum Gasteiger partial charge on any atom is 0.407 e. The maximum absolute atomic E-state index is 11.6. The van der Waals surface area contributed by atoms with Crippen molar-refractivity contribution in [1.82, 2.24) is 5.32 Å². The van der Waals surface area contributed by atoms with Gasteiger partial charge in [0.05, 0.1) is 6.61 Å². The fourth-order valence-electron chi connectivity index (χ4n) is 1.46. The summed E-state index contributed by atoms with van der Waals surface area (Å²) in [5, 5.41) is 2.72. The van der Waals surface area contributed by atoms with Crippen molar-refractivity contribution in [3.63, 3.8) is 0 Å². The average Bonchev–Trinajstić information content (AvgIpc) is 2.27. The summed E-state index contributed by atoms with van der Waals surface area (Å²) in [5.41, 5.74) is 0.409. The van der Waals surface area contributed by atoms with E-state index in [-0.39, 0.29) is 0 Å². The monoisotopic (exact) mass is 329 g/mol. The Kier molecular flexibility index (Phi) is 5.66. The van der Waals surface area contributed by atoms with Gasteiger partial charge in [0.25, 0.3) is 0 Å². The maximum atomic E-state index is 11.6. The second-order valence-corrected chi connectivity index (χ2v) is 5.96. The van der Waals surface area contributed by atoms with Gasteiger partial charge < -0.3 is 14.8 Å². The summed E-state index contributed by atoms with van der Waals surface area (Å²) in [6, 6.07) is 5.70. The van der Waals surface area contributed by atoms with E-state index < -0.39 is 11.7 Å². The highest BCUT2D eigenvalue weighted by molar-refractivity contribution is 9.10. The molecule has 19 heavy (non-hydrogen) atoms. The van der Waals surface area contributed by atoms with Crippen LogP contribution in [0.2, 0.25) is 0 Å². The SMILES string of the molecule is CCOc1ccc(Br)cc1CNC(=O)OC(C)(C)C. The summed E-state index contributed by atoms with van der Waals surface area (Å²) in [5.74, 6) is 0.766. The average molecular weight is 330 g/mol. The van der Waals surface area contributed by atoms with Crippen LogP contribution in [0.25, 0.3) is 0 Å². The quantitative estimate of drug-likeness (QED) is 0.912. The van der Waals surface area contributed by atoms with E-state index in [1.165, 1.54) is 0 Å². The molecule has 1 aromatic carbocycles. The summed E-state index contributed by atoms with van der Waals surface area (Å²) in [6.07, 6.45) is -0.435. The van der Waals surface area contributed by atoms with Crippen LogP contribution in [0.3, 0.4) is 0 Å². The molecule has 0 radical (unpaired) electrons. The molecule has 0 saturated carbocycles. The normalized spacial score (nSPS) is 11.0. The van der Waals surface area contributed by atoms with E-state index in [1.807, 2.05) is 45.9 Å². The van der Waals surface area contributed by atoms with Gasteiger partial charge in [0.2, 0.25) is 0 Å². The highest BCUT2D eigenvalue weighted by Gasteiger charge is 2.16. The number of carbonyl (C=O) groups excluding carboxylic acids is 1. The van der Waals surface area contributed by atoms with E-state index >= 15 is 0 Å². The molecule has 0 atom stereocenters. The van der Waals surface area contributed by atoms with Crippen molar-refractivity contribution in [2.24, 2.45) is 0 Å². The number of ether oxygens (including phenoxy) is 2.